The quantitative estimate of drug-likeness (QED) is 0.927. The second kappa shape index (κ2) is 6.56. The predicted molar refractivity (Wildman–Crippen MR) is 82.3 cm³/mol. The van der Waals surface area contributed by atoms with Crippen molar-refractivity contribution in [2.45, 2.75) is 45.1 Å². The van der Waals surface area contributed by atoms with Gasteiger partial charge >= 0.3 is 0 Å². The third kappa shape index (κ3) is 4.53. The fraction of sp³-hybridized carbons (Fsp3) is 0.588. The lowest BCUT2D eigenvalue weighted by atomic mass is 9.90. The molecular weight excluding hydrogens is 267 g/mol. The van der Waals surface area contributed by atoms with E-state index in [2.05, 4.69) is 0 Å². The summed E-state index contributed by atoms with van der Waals surface area (Å²) in [6, 6.07) is 6.68. The maximum Gasteiger partial charge on any atom is 0.242 e. The van der Waals surface area contributed by atoms with Gasteiger partial charge in [0.1, 0.15) is 5.82 Å². The molecule has 1 atom stereocenters. The number of aryl methyl sites for hydroxylation is 1. The number of likely N-dealkylation sites (tertiary alicyclic amines) is 1. The van der Waals surface area contributed by atoms with Crippen LogP contribution >= 0.6 is 0 Å². The number of benzene rings is 1. The molecule has 0 bridgehead atoms. The molecule has 1 amide bonds. The lowest BCUT2D eigenvalue weighted by molar-refractivity contribution is -0.137. The van der Waals surface area contributed by atoms with Crippen LogP contribution in [-0.2, 0) is 11.2 Å². The van der Waals surface area contributed by atoms with E-state index < -0.39 is 5.54 Å². The lowest BCUT2D eigenvalue weighted by Crippen LogP contribution is -2.53. The summed E-state index contributed by atoms with van der Waals surface area (Å²) in [5, 5.41) is 0. The Bertz CT molecular complexity index is 479. The van der Waals surface area contributed by atoms with Crippen molar-refractivity contribution in [1.82, 2.24) is 4.90 Å². The molecule has 0 saturated carbocycles. The van der Waals surface area contributed by atoms with Crippen LogP contribution in [0.5, 0.6) is 0 Å². The van der Waals surface area contributed by atoms with Gasteiger partial charge in [-0.25, -0.2) is 4.39 Å². The Balaban J connectivity index is 1.87. The van der Waals surface area contributed by atoms with Gasteiger partial charge in [0.05, 0.1) is 5.54 Å². The van der Waals surface area contributed by atoms with Crippen molar-refractivity contribution in [1.29, 1.82) is 0 Å². The zero-order chi connectivity index (χ0) is 15.5. The van der Waals surface area contributed by atoms with Crippen molar-refractivity contribution in [3.05, 3.63) is 35.6 Å². The molecule has 3 nitrogen and oxygen atoms in total. The number of hydrogen-bond acceptors (Lipinski definition) is 2. The molecule has 2 N–H and O–H groups in total. The summed E-state index contributed by atoms with van der Waals surface area (Å²) in [6.07, 6.45) is 4.14. The highest BCUT2D eigenvalue weighted by Gasteiger charge is 2.31. The van der Waals surface area contributed by atoms with Gasteiger partial charge in [-0.15, -0.1) is 0 Å². The minimum absolute atomic E-state index is 0.0361. The number of piperidine rings is 1. The second-order valence-corrected chi connectivity index (χ2v) is 6.65. The molecule has 1 fully saturated rings. The van der Waals surface area contributed by atoms with Crippen molar-refractivity contribution < 1.29 is 9.18 Å². The molecule has 1 heterocycles. The zero-order valence-corrected chi connectivity index (χ0v) is 12.9. The molecule has 1 aliphatic rings. The van der Waals surface area contributed by atoms with E-state index in [0.717, 1.165) is 44.3 Å². The van der Waals surface area contributed by atoms with Crippen LogP contribution in [0.25, 0.3) is 0 Å². The average Bonchev–Trinajstić information content (AvgIpc) is 2.45. The van der Waals surface area contributed by atoms with E-state index in [-0.39, 0.29) is 11.7 Å². The molecule has 1 aliphatic heterocycles. The number of halogens is 1. The molecule has 0 spiro atoms. The molecule has 1 aromatic rings. The van der Waals surface area contributed by atoms with Gasteiger partial charge in [-0.2, -0.15) is 0 Å². The Kier molecular flexibility index (Phi) is 4.99. The summed E-state index contributed by atoms with van der Waals surface area (Å²) in [5.74, 6) is 0.349. The van der Waals surface area contributed by atoms with Gasteiger partial charge in [0.25, 0.3) is 0 Å². The van der Waals surface area contributed by atoms with Gasteiger partial charge in [0.15, 0.2) is 0 Å². The fourth-order valence-electron chi connectivity index (χ4n) is 2.91. The number of rotatable bonds is 4. The van der Waals surface area contributed by atoms with E-state index in [1.54, 1.807) is 13.8 Å². The van der Waals surface area contributed by atoms with Crippen molar-refractivity contribution >= 4 is 5.91 Å². The van der Waals surface area contributed by atoms with E-state index in [0.29, 0.717) is 5.92 Å². The first-order valence-corrected chi connectivity index (χ1v) is 7.69. The smallest absolute Gasteiger partial charge is 0.242 e. The molecule has 116 valence electrons. The number of carbonyl (C=O) groups is 1. The van der Waals surface area contributed by atoms with Gasteiger partial charge in [0.2, 0.25) is 5.91 Å². The van der Waals surface area contributed by atoms with Crippen LogP contribution in [0.3, 0.4) is 0 Å². The Labute approximate surface area is 126 Å². The summed E-state index contributed by atoms with van der Waals surface area (Å²) < 4.78 is 12.9. The molecule has 1 saturated heterocycles. The number of hydrogen-bond donors (Lipinski definition) is 1. The SMILES string of the molecule is CC(C)(N)C(=O)N1CCC[C@H](CCc2ccc(F)cc2)C1. The number of amides is 1. The standard InChI is InChI=1S/C17H25FN2O/c1-17(2,19)16(21)20-11-3-4-14(12-20)6-5-13-7-9-15(18)10-8-13/h7-10,14H,3-6,11-12,19H2,1-2H3/t14-/m1/s1. The van der Waals surface area contributed by atoms with Gasteiger partial charge in [-0.05, 0) is 63.1 Å². The number of carbonyl (C=O) groups excluding carboxylic acids is 1. The van der Waals surface area contributed by atoms with E-state index in [4.69, 9.17) is 5.73 Å². The molecule has 4 heteroatoms. The molecular formula is C17H25FN2O. The normalized spacial score (nSPS) is 19.6. The summed E-state index contributed by atoms with van der Waals surface area (Å²) in [7, 11) is 0. The number of nitrogens with zero attached hydrogens (tertiary/aromatic N) is 1. The van der Waals surface area contributed by atoms with E-state index in [1.165, 1.54) is 12.1 Å². The van der Waals surface area contributed by atoms with Crippen molar-refractivity contribution in [3.8, 4) is 0 Å². The molecule has 0 aromatic heterocycles. The summed E-state index contributed by atoms with van der Waals surface area (Å²) >= 11 is 0. The van der Waals surface area contributed by atoms with Gasteiger partial charge < -0.3 is 10.6 Å². The number of nitrogens with two attached hydrogens (primary N) is 1. The highest BCUT2D eigenvalue weighted by molar-refractivity contribution is 5.85. The Hall–Kier alpha value is -1.42. The van der Waals surface area contributed by atoms with Crippen LogP contribution in [0, 0.1) is 11.7 Å². The minimum atomic E-state index is -0.793. The molecule has 1 aromatic carbocycles. The molecule has 21 heavy (non-hydrogen) atoms. The molecule has 2 rings (SSSR count). The Morgan fingerprint density at radius 3 is 2.67 bits per heavy atom. The fourth-order valence-corrected chi connectivity index (χ4v) is 2.91. The first kappa shape index (κ1) is 16.0. The second-order valence-electron chi connectivity index (χ2n) is 6.65. The predicted octanol–water partition coefficient (Wildman–Crippen LogP) is 2.73. The molecule has 0 aliphatic carbocycles. The zero-order valence-electron chi connectivity index (χ0n) is 12.9. The highest BCUT2D eigenvalue weighted by atomic mass is 19.1. The third-order valence-corrected chi connectivity index (χ3v) is 4.11. The first-order chi connectivity index (χ1) is 9.86. The van der Waals surface area contributed by atoms with Crippen LogP contribution in [0.2, 0.25) is 0 Å². The Morgan fingerprint density at radius 1 is 1.38 bits per heavy atom. The summed E-state index contributed by atoms with van der Waals surface area (Å²) in [6.45, 7) is 5.13. The van der Waals surface area contributed by atoms with Crippen LogP contribution in [0.15, 0.2) is 24.3 Å². The van der Waals surface area contributed by atoms with Crippen LogP contribution in [0.1, 0.15) is 38.7 Å². The van der Waals surface area contributed by atoms with Crippen molar-refractivity contribution in [3.63, 3.8) is 0 Å². The maximum absolute atomic E-state index is 12.9. The molecule has 0 radical (unpaired) electrons. The topological polar surface area (TPSA) is 46.3 Å². The minimum Gasteiger partial charge on any atom is -0.341 e. The monoisotopic (exact) mass is 292 g/mol. The average molecular weight is 292 g/mol. The van der Waals surface area contributed by atoms with E-state index in [9.17, 15) is 9.18 Å². The van der Waals surface area contributed by atoms with Gasteiger partial charge in [-0.3, -0.25) is 4.79 Å². The lowest BCUT2D eigenvalue weighted by Gasteiger charge is -2.36. The third-order valence-electron chi connectivity index (χ3n) is 4.11. The van der Waals surface area contributed by atoms with Crippen LogP contribution in [0.4, 0.5) is 4.39 Å². The largest absolute Gasteiger partial charge is 0.341 e. The summed E-state index contributed by atoms with van der Waals surface area (Å²) in [5.41, 5.74) is 6.27. The van der Waals surface area contributed by atoms with Crippen molar-refractivity contribution in [2.24, 2.45) is 11.7 Å². The molecule has 0 unspecified atom stereocenters. The van der Waals surface area contributed by atoms with Crippen LogP contribution < -0.4 is 5.73 Å². The first-order valence-electron chi connectivity index (χ1n) is 7.69. The van der Waals surface area contributed by atoms with E-state index in [1.807, 2.05) is 17.0 Å². The highest BCUT2D eigenvalue weighted by Crippen LogP contribution is 2.23. The maximum atomic E-state index is 12.9. The van der Waals surface area contributed by atoms with Crippen LogP contribution in [-0.4, -0.2) is 29.4 Å². The van der Waals surface area contributed by atoms with E-state index >= 15 is 0 Å². The van der Waals surface area contributed by atoms with Gasteiger partial charge in [-0.1, -0.05) is 12.1 Å². The van der Waals surface area contributed by atoms with Crippen molar-refractivity contribution in [2.75, 3.05) is 13.1 Å². The summed E-state index contributed by atoms with van der Waals surface area (Å²) in [4.78, 5) is 14.1. The Morgan fingerprint density at radius 2 is 2.05 bits per heavy atom. The van der Waals surface area contributed by atoms with Gasteiger partial charge in [0, 0.05) is 13.1 Å².